The fraction of sp³-hybridized carbons (Fsp3) is 0.400. The van der Waals surface area contributed by atoms with Gasteiger partial charge in [-0.15, -0.1) is 12.4 Å². The van der Waals surface area contributed by atoms with Gasteiger partial charge >= 0.3 is 0 Å². The molecular formula is C10H11ClN2O2. The lowest BCUT2D eigenvalue weighted by Gasteiger charge is -2.11. The lowest BCUT2D eigenvalue weighted by Crippen LogP contribution is -2.05. The second-order valence-corrected chi connectivity index (χ2v) is 3.92. The summed E-state index contributed by atoms with van der Waals surface area (Å²) in [5.74, 6) is 0. The van der Waals surface area contributed by atoms with Crippen LogP contribution in [0.5, 0.6) is 0 Å². The molecule has 1 aromatic rings. The molecule has 4 nitrogen and oxygen atoms in total. The number of halogens is 1. The predicted octanol–water partition coefficient (Wildman–Crippen LogP) is 2.50. The molecule has 2 heterocycles. The van der Waals surface area contributed by atoms with Crippen LogP contribution in [0.4, 0.5) is 5.69 Å². The highest BCUT2D eigenvalue weighted by Gasteiger charge is 2.36. The molecule has 1 saturated heterocycles. The van der Waals surface area contributed by atoms with Crippen molar-refractivity contribution in [3.8, 4) is 0 Å². The summed E-state index contributed by atoms with van der Waals surface area (Å²) in [6.07, 6.45) is 2.27. The van der Waals surface area contributed by atoms with Gasteiger partial charge in [-0.05, 0) is 24.0 Å². The molecule has 2 atom stereocenters. The average molecular weight is 227 g/mol. The molecule has 3 rings (SSSR count). The highest BCUT2D eigenvalue weighted by atomic mass is 35.5. The first-order chi connectivity index (χ1) is 6.75. The SMILES string of the molecule is Cl.O=[N+]([O-])c1ccc2c(c1)C1CCC2N1. The van der Waals surface area contributed by atoms with Gasteiger partial charge in [0.2, 0.25) is 0 Å². The van der Waals surface area contributed by atoms with E-state index in [4.69, 9.17) is 0 Å². The first kappa shape index (κ1) is 10.4. The van der Waals surface area contributed by atoms with E-state index in [0.29, 0.717) is 12.1 Å². The minimum atomic E-state index is -0.327. The van der Waals surface area contributed by atoms with Crippen LogP contribution in [-0.2, 0) is 0 Å². The number of nitro groups is 1. The second kappa shape index (κ2) is 3.47. The number of nitro benzene ring substituents is 1. The zero-order valence-corrected chi connectivity index (χ0v) is 8.79. The number of hydrogen-bond donors (Lipinski definition) is 1. The van der Waals surface area contributed by atoms with E-state index in [9.17, 15) is 10.1 Å². The Kier molecular flexibility index (Phi) is 2.40. The number of hydrogen-bond acceptors (Lipinski definition) is 3. The fourth-order valence-electron chi connectivity index (χ4n) is 2.53. The number of rotatable bonds is 1. The van der Waals surface area contributed by atoms with Crippen molar-refractivity contribution in [2.75, 3.05) is 0 Å². The Morgan fingerprint density at radius 2 is 1.93 bits per heavy atom. The molecule has 15 heavy (non-hydrogen) atoms. The van der Waals surface area contributed by atoms with Gasteiger partial charge in [0.15, 0.2) is 0 Å². The zero-order valence-electron chi connectivity index (χ0n) is 7.97. The maximum Gasteiger partial charge on any atom is 0.269 e. The Labute approximate surface area is 93.2 Å². The molecule has 2 aliphatic heterocycles. The van der Waals surface area contributed by atoms with Crippen LogP contribution in [0.1, 0.15) is 36.1 Å². The number of fused-ring (bicyclic) bond motifs is 5. The van der Waals surface area contributed by atoms with Gasteiger partial charge in [-0.25, -0.2) is 0 Å². The van der Waals surface area contributed by atoms with Crippen LogP contribution < -0.4 is 5.32 Å². The summed E-state index contributed by atoms with van der Waals surface area (Å²) >= 11 is 0. The monoisotopic (exact) mass is 226 g/mol. The van der Waals surface area contributed by atoms with Crippen LogP contribution >= 0.6 is 12.4 Å². The van der Waals surface area contributed by atoms with Gasteiger partial charge in [0.05, 0.1) is 4.92 Å². The van der Waals surface area contributed by atoms with E-state index >= 15 is 0 Å². The molecule has 80 valence electrons. The molecule has 1 fully saturated rings. The summed E-state index contributed by atoms with van der Waals surface area (Å²) in [5.41, 5.74) is 2.60. The van der Waals surface area contributed by atoms with Crippen LogP contribution in [0, 0.1) is 10.1 Å². The van der Waals surface area contributed by atoms with E-state index in [1.807, 2.05) is 6.07 Å². The van der Waals surface area contributed by atoms with Crippen molar-refractivity contribution in [2.45, 2.75) is 24.9 Å². The first-order valence-corrected chi connectivity index (χ1v) is 4.80. The van der Waals surface area contributed by atoms with E-state index in [0.717, 1.165) is 18.4 Å². The molecule has 5 heteroatoms. The molecule has 0 aromatic heterocycles. The Bertz CT molecular complexity index is 422. The van der Waals surface area contributed by atoms with E-state index in [1.54, 1.807) is 12.1 Å². The Balaban J connectivity index is 0.000000853. The van der Waals surface area contributed by atoms with Crippen molar-refractivity contribution in [3.63, 3.8) is 0 Å². The summed E-state index contributed by atoms with van der Waals surface area (Å²) in [4.78, 5) is 10.3. The Morgan fingerprint density at radius 3 is 2.60 bits per heavy atom. The molecular weight excluding hydrogens is 216 g/mol. The minimum Gasteiger partial charge on any atom is -0.303 e. The van der Waals surface area contributed by atoms with Gasteiger partial charge in [-0.2, -0.15) is 0 Å². The largest absolute Gasteiger partial charge is 0.303 e. The fourth-order valence-corrected chi connectivity index (χ4v) is 2.53. The summed E-state index contributed by atoms with van der Waals surface area (Å²) in [6, 6.07) is 6.00. The normalized spacial score (nSPS) is 25.9. The maximum atomic E-state index is 10.6. The molecule has 2 unspecified atom stereocenters. The number of nitrogens with zero attached hydrogens (tertiary/aromatic N) is 1. The Hall–Kier alpha value is -1.13. The average Bonchev–Trinajstić information content (AvgIpc) is 2.77. The molecule has 2 bridgehead atoms. The molecule has 0 radical (unpaired) electrons. The van der Waals surface area contributed by atoms with E-state index in [1.165, 1.54) is 5.56 Å². The summed E-state index contributed by atoms with van der Waals surface area (Å²) in [6.45, 7) is 0. The molecule has 1 aromatic carbocycles. The third-order valence-electron chi connectivity index (χ3n) is 3.18. The quantitative estimate of drug-likeness (QED) is 0.591. The van der Waals surface area contributed by atoms with Crippen LogP contribution in [0.25, 0.3) is 0 Å². The topological polar surface area (TPSA) is 55.2 Å². The van der Waals surface area contributed by atoms with Crippen LogP contribution in [0.15, 0.2) is 18.2 Å². The zero-order chi connectivity index (χ0) is 9.71. The standard InChI is InChI=1S/C10H10N2O2.ClH/c13-12(14)6-1-2-7-8(5-6)10-4-3-9(7)11-10;/h1-2,5,9-11H,3-4H2;1H. The highest BCUT2D eigenvalue weighted by molar-refractivity contribution is 5.85. The molecule has 0 amide bonds. The van der Waals surface area contributed by atoms with Crippen LogP contribution in [-0.4, -0.2) is 4.92 Å². The molecule has 0 saturated carbocycles. The predicted molar refractivity (Wildman–Crippen MR) is 58.2 cm³/mol. The Morgan fingerprint density at radius 1 is 1.27 bits per heavy atom. The van der Waals surface area contributed by atoms with Crippen molar-refractivity contribution >= 4 is 18.1 Å². The van der Waals surface area contributed by atoms with Crippen molar-refractivity contribution in [3.05, 3.63) is 39.4 Å². The smallest absolute Gasteiger partial charge is 0.269 e. The van der Waals surface area contributed by atoms with Crippen molar-refractivity contribution < 1.29 is 4.92 Å². The van der Waals surface area contributed by atoms with Crippen molar-refractivity contribution in [1.82, 2.24) is 5.32 Å². The second-order valence-electron chi connectivity index (χ2n) is 3.92. The van der Waals surface area contributed by atoms with E-state index in [2.05, 4.69) is 5.32 Å². The van der Waals surface area contributed by atoms with Gasteiger partial charge in [0, 0.05) is 24.2 Å². The van der Waals surface area contributed by atoms with Gasteiger partial charge in [-0.3, -0.25) is 10.1 Å². The van der Waals surface area contributed by atoms with Crippen molar-refractivity contribution in [2.24, 2.45) is 0 Å². The highest BCUT2D eigenvalue weighted by Crippen LogP contribution is 2.45. The molecule has 0 aliphatic carbocycles. The van der Waals surface area contributed by atoms with Gasteiger partial charge in [-0.1, -0.05) is 6.07 Å². The molecule has 2 aliphatic rings. The van der Waals surface area contributed by atoms with Crippen LogP contribution in [0.2, 0.25) is 0 Å². The number of nitrogens with one attached hydrogen (secondary N) is 1. The van der Waals surface area contributed by atoms with Crippen LogP contribution in [0.3, 0.4) is 0 Å². The third kappa shape index (κ3) is 1.41. The van der Waals surface area contributed by atoms with Gasteiger partial charge < -0.3 is 5.32 Å². The van der Waals surface area contributed by atoms with E-state index in [-0.39, 0.29) is 23.0 Å². The number of non-ortho nitro benzene ring substituents is 1. The summed E-state index contributed by atoms with van der Waals surface area (Å²) < 4.78 is 0. The van der Waals surface area contributed by atoms with E-state index < -0.39 is 0 Å². The first-order valence-electron chi connectivity index (χ1n) is 4.80. The third-order valence-corrected chi connectivity index (χ3v) is 3.18. The van der Waals surface area contributed by atoms with Gasteiger partial charge in [0.1, 0.15) is 0 Å². The lowest BCUT2D eigenvalue weighted by atomic mass is 9.91. The van der Waals surface area contributed by atoms with Gasteiger partial charge in [0.25, 0.3) is 5.69 Å². The maximum absolute atomic E-state index is 10.6. The number of benzene rings is 1. The summed E-state index contributed by atoms with van der Waals surface area (Å²) in [5, 5.41) is 14.0. The van der Waals surface area contributed by atoms with Crippen molar-refractivity contribution in [1.29, 1.82) is 0 Å². The molecule has 1 N–H and O–H groups in total. The minimum absolute atomic E-state index is 0. The lowest BCUT2D eigenvalue weighted by molar-refractivity contribution is -0.384. The molecule has 0 spiro atoms. The summed E-state index contributed by atoms with van der Waals surface area (Å²) in [7, 11) is 0.